The van der Waals surface area contributed by atoms with Crippen molar-refractivity contribution in [2.24, 2.45) is 5.41 Å². The highest BCUT2D eigenvalue weighted by Gasteiger charge is 2.19. The molecule has 1 amide bonds. The Morgan fingerprint density at radius 2 is 2.11 bits per heavy atom. The van der Waals surface area contributed by atoms with E-state index in [1.165, 1.54) is 6.20 Å². The molecule has 1 aromatic heterocycles. The van der Waals surface area contributed by atoms with Crippen LogP contribution in [0, 0.1) is 12.3 Å². The van der Waals surface area contributed by atoms with Gasteiger partial charge in [-0.2, -0.15) is 5.10 Å². The molecule has 6 nitrogen and oxygen atoms in total. The van der Waals surface area contributed by atoms with Gasteiger partial charge in [0.1, 0.15) is 0 Å². The minimum Gasteiger partial charge on any atom is -0.481 e. The van der Waals surface area contributed by atoms with Crippen LogP contribution in [0.4, 0.5) is 0 Å². The number of aliphatic carboxylic acids is 1. The minimum absolute atomic E-state index is 0.100. The molecule has 3 N–H and O–H groups in total. The Labute approximate surface area is 112 Å². The fourth-order valence-corrected chi connectivity index (χ4v) is 1.76. The lowest BCUT2D eigenvalue weighted by molar-refractivity contribution is -0.137. The molecular formula is C13H21N3O3. The van der Waals surface area contributed by atoms with E-state index < -0.39 is 5.97 Å². The highest BCUT2D eigenvalue weighted by atomic mass is 16.4. The third-order valence-electron chi connectivity index (χ3n) is 3.18. The number of carboxylic acids is 1. The number of rotatable bonds is 7. The Bertz CT molecular complexity index is 452. The monoisotopic (exact) mass is 267 g/mol. The van der Waals surface area contributed by atoms with E-state index in [1.807, 2.05) is 13.8 Å². The molecule has 19 heavy (non-hydrogen) atoms. The number of carbonyl (C=O) groups is 2. The molecule has 0 aliphatic rings. The van der Waals surface area contributed by atoms with Crippen LogP contribution in [0.3, 0.4) is 0 Å². The van der Waals surface area contributed by atoms with E-state index in [9.17, 15) is 9.59 Å². The summed E-state index contributed by atoms with van der Waals surface area (Å²) in [6, 6.07) is 0. The summed E-state index contributed by atoms with van der Waals surface area (Å²) in [6.07, 6.45) is 2.99. The van der Waals surface area contributed by atoms with Crippen molar-refractivity contribution in [2.45, 2.75) is 40.0 Å². The molecule has 0 unspecified atom stereocenters. The molecule has 0 saturated carbocycles. The summed E-state index contributed by atoms with van der Waals surface area (Å²) in [5, 5.41) is 18.0. The van der Waals surface area contributed by atoms with Crippen molar-refractivity contribution in [2.75, 3.05) is 6.54 Å². The van der Waals surface area contributed by atoms with Gasteiger partial charge < -0.3 is 10.4 Å². The average molecular weight is 267 g/mol. The smallest absolute Gasteiger partial charge is 0.303 e. The van der Waals surface area contributed by atoms with E-state index in [4.69, 9.17) is 5.11 Å². The molecule has 0 atom stereocenters. The van der Waals surface area contributed by atoms with Crippen molar-refractivity contribution in [3.63, 3.8) is 0 Å². The molecule has 1 heterocycles. The zero-order valence-corrected chi connectivity index (χ0v) is 11.6. The standard InChI is InChI=1S/C13H21N3O3/c1-9-10(8-15-16-9)12(19)14-7-6-13(2,3)5-4-11(17)18/h8H,4-7H2,1-3H3,(H,14,19)(H,15,16)(H,17,18). The third kappa shape index (κ3) is 5.11. The topological polar surface area (TPSA) is 95.1 Å². The van der Waals surface area contributed by atoms with E-state index in [0.29, 0.717) is 18.5 Å². The van der Waals surface area contributed by atoms with Gasteiger partial charge in [-0.3, -0.25) is 14.7 Å². The summed E-state index contributed by atoms with van der Waals surface area (Å²) in [5.74, 6) is -0.939. The summed E-state index contributed by atoms with van der Waals surface area (Å²) < 4.78 is 0. The second kappa shape index (κ2) is 6.36. The molecule has 0 saturated heterocycles. The second-order valence-corrected chi connectivity index (χ2v) is 5.47. The molecule has 0 aromatic carbocycles. The van der Waals surface area contributed by atoms with E-state index in [1.54, 1.807) is 6.92 Å². The average Bonchev–Trinajstić information content (AvgIpc) is 2.73. The van der Waals surface area contributed by atoms with Gasteiger partial charge in [-0.05, 0) is 25.2 Å². The first kappa shape index (κ1) is 15.2. The maximum atomic E-state index is 11.8. The van der Waals surface area contributed by atoms with Crippen molar-refractivity contribution in [1.82, 2.24) is 15.5 Å². The van der Waals surface area contributed by atoms with Gasteiger partial charge in [-0.15, -0.1) is 0 Å². The number of aromatic nitrogens is 2. The number of carbonyl (C=O) groups excluding carboxylic acids is 1. The van der Waals surface area contributed by atoms with Gasteiger partial charge >= 0.3 is 5.97 Å². The molecule has 1 rings (SSSR count). The molecule has 0 fully saturated rings. The van der Waals surface area contributed by atoms with Gasteiger partial charge in [0.25, 0.3) is 5.91 Å². The van der Waals surface area contributed by atoms with Crippen LogP contribution in [0.1, 0.15) is 49.2 Å². The second-order valence-electron chi connectivity index (χ2n) is 5.47. The first-order valence-corrected chi connectivity index (χ1v) is 6.32. The van der Waals surface area contributed by atoms with Gasteiger partial charge in [0.05, 0.1) is 11.8 Å². The number of hydrogen-bond acceptors (Lipinski definition) is 3. The molecule has 0 aliphatic heterocycles. The quantitative estimate of drug-likeness (QED) is 0.701. The van der Waals surface area contributed by atoms with E-state index >= 15 is 0 Å². The van der Waals surface area contributed by atoms with Crippen molar-refractivity contribution < 1.29 is 14.7 Å². The predicted octanol–water partition coefficient (Wildman–Crippen LogP) is 1.73. The first-order chi connectivity index (χ1) is 8.82. The lowest BCUT2D eigenvalue weighted by Gasteiger charge is -2.23. The van der Waals surface area contributed by atoms with Crippen molar-refractivity contribution in [3.8, 4) is 0 Å². The Balaban J connectivity index is 2.35. The summed E-state index contributed by atoms with van der Waals surface area (Å²) in [5.41, 5.74) is 1.18. The maximum absolute atomic E-state index is 11.8. The number of amides is 1. The molecule has 0 spiro atoms. The Morgan fingerprint density at radius 3 is 2.63 bits per heavy atom. The van der Waals surface area contributed by atoms with Gasteiger partial charge in [-0.1, -0.05) is 13.8 Å². The SMILES string of the molecule is Cc1[nH]ncc1C(=O)NCCC(C)(C)CCC(=O)O. The van der Waals surface area contributed by atoms with Crippen LogP contribution in [0.5, 0.6) is 0 Å². The van der Waals surface area contributed by atoms with Crippen LogP contribution >= 0.6 is 0 Å². The van der Waals surface area contributed by atoms with E-state index in [0.717, 1.165) is 12.1 Å². The minimum atomic E-state index is -0.786. The van der Waals surface area contributed by atoms with E-state index in [-0.39, 0.29) is 17.7 Å². The number of aromatic amines is 1. The van der Waals surface area contributed by atoms with Gasteiger partial charge in [0.2, 0.25) is 0 Å². The van der Waals surface area contributed by atoms with Crippen LogP contribution in [-0.4, -0.2) is 33.7 Å². The van der Waals surface area contributed by atoms with Gasteiger partial charge in [0, 0.05) is 18.7 Å². The molecule has 0 bridgehead atoms. The van der Waals surface area contributed by atoms with Crippen LogP contribution in [0.2, 0.25) is 0 Å². The highest BCUT2D eigenvalue weighted by molar-refractivity contribution is 5.94. The fraction of sp³-hybridized carbons (Fsp3) is 0.615. The molecule has 6 heteroatoms. The van der Waals surface area contributed by atoms with Crippen molar-refractivity contribution >= 4 is 11.9 Å². The van der Waals surface area contributed by atoms with Gasteiger partial charge in [0.15, 0.2) is 0 Å². The molecule has 0 radical (unpaired) electrons. The number of hydrogen-bond donors (Lipinski definition) is 3. The third-order valence-corrected chi connectivity index (χ3v) is 3.18. The zero-order chi connectivity index (χ0) is 14.5. The Hall–Kier alpha value is -1.85. The number of aryl methyl sites for hydroxylation is 1. The molecular weight excluding hydrogens is 246 g/mol. The van der Waals surface area contributed by atoms with Crippen LogP contribution < -0.4 is 5.32 Å². The van der Waals surface area contributed by atoms with E-state index in [2.05, 4.69) is 15.5 Å². The number of nitrogens with one attached hydrogen (secondary N) is 2. The molecule has 1 aromatic rings. The maximum Gasteiger partial charge on any atom is 0.303 e. The molecule has 0 aliphatic carbocycles. The summed E-state index contributed by atoms with van der Waals surface area (Å²) >= 11 is 0. The number of H-pyrrole nitrogens is 1. The first-order valence-electron chi connectivity index (χ1n) is 6.32. The number of nitrogens with zero attached hydrogens (tertiary/aromatic N) is 1. The van der Waals surface area contributed by atoms with Crippen molar-refractivity contribution in [3.05, 3.63) is 17.5 Å². The Kier molecular flexibility index (Phi) is 5.09. The largest absolute Gasteiger partial charge is 0.481 e. The summed E-state index contributed by atoms with van der Waals surface area (Å²) in [7, 11) is 0. The lowest BCUT2D eigenvalue weighted by atomic mass is 9.84. The van der Waals surface area contributed by atoms with Crippen LogP contribution in [-0.2, 0) is 4.79 Å². The number of carboxylic acid groups (broad SMARTS) is 1. The fourth-order valence-electron chi connectivity index (χ4n) is 1.76. The highest BCUT2D eigenvalue weighted by Crippen LogP contribution is 2.26. The van der Waals surface area contributed by atoms with Crippen LogP contribution in [0.25, 0.3) is 0 Å². The van der Waals surface area contributed by atoms with Crippen LogP contribution in [0.15, 0.2) is 6.20 Å². The zero-order valence-electron chi connectivity index (χ0n) is 11.6. The summed E-state index contributed by atoms with van der Waals surface area (Å²) in [6.45, 7) is 6.32. The summed E-state index contributed by atoms with van der Waals surface area (Å²) in [4.78, 5) is 22.4. The normalized spacial score (nSPS) is 11.3. The Morgan fingerprint density at radius 1 is 1.42 bits per heavy atom. The molecule has 106 valence electrons. The van der Waals surface area contributed by atoms with Crippen molar-refractivity contribution in [1.29, 1.82) is 0 Å². The van der Waals surface area contributed by atoms with Gasteiger partial charge in [-0.25, -0.2) is 0 Å². The lowest BCUT2D eigenvalue weighted by Crippen LogP contribution is -2.28. The predicted molar refractivity (Wildman–Crippen MR) is 70.9 cm³/mol.